The van der Waals surface area contributed by atoms with Gasteiger partial charge in [0.1, 0.15) is 12.0 Å². The van der Waals surface area contributed by atoms with Gasteiger partial charge >= 0.3 is 0 Å². The number of benzene rings is 1. The van der Waals surface area contributed by atoms with Crippen LogP contribution in [0.5, 0.6) is 0 Å². The zero-order chi connectivity index (χ0) is 13.8. The van der Waals surface area contributed by atoms with Gasteiger partial charge in [-0.3, -0.25) is 14.9 Å². The maximum atomic E-state index is 11.0. The van der Waals surface area contributed by atoms with E-state index >= 15 is 0 Å². The maximum absolute atomic E-state index is 11.0. The summed E-state index contributed by atoms with van der Waals surface area (Å²) in [6.07, 6.45) is 0.597. The number of anilines is 1. The van der Waals surface area contributed by atoms with Crippen molar-refractivity contribution in [2.24, 2.45) is 0 Å². The predicted molar refractivity (Wildman–Crippen MR) is 74.8 cm³/mol. The summed E-state index contributed by atoms with van der Waals surface area (Å²) in [5, 5.41) is 16.1. The van der Waals surface area contributed by atoms with Gasteiger partial charge in [-0.25, -0.2) is 0 Å². The summed E-state index contributed by atoms with van der Waals surface area (Å²) < 4.78 is 0. The van der Waals surface area contributed by atoms with Crippen molar-refractivity contribution in [2.45, 2.75) is 13.0 Å². The summed E-state index contributed by atoms with van der Waals surface area (Å²) in [5.41, 5.74) is 0.616. The van der Waals surface area contributed by atoms with E-state index < -0.39 is 4.92 Å². The molecular formula is C13H12N2O3S. The van der Waals surface area contributed by atoms with Crippen LogP contribution in [0.2, 0.25) is 0 Å². The number of nitro groups is 1. The molecule has 2 rings (SSSR count). The van der Waals surface area contributed by atoms with Crippen LogP contribution in [-0.4, -0.2) is 11.2 Å². The van der Waals surface area contributed by atoms with Crippen LogP contribution in [-0.2, 0) is 0 Å². The molecule has 2 aromatic rings. The molecule has 0 aliphatic rings. The first-order chi connectivity index (χ1) is 9.11. The monoisotopic (exact) mass is 276 g/mol. The number of hydrogen-bond acceptors (Lipinski definition) is 5. The molecule has 1 aromatic carbocycles. The molecule has 0 bridgehead atoms. The molecule has 0 saturated carbocycles. The summed E-state index contributed by atoms with van der Waals surface area (Å²) >= 11 is 1.58. The number of carbonyl (C=O) groups excluding carboxylic acids is 1. The highest BCUT2D eigenvalue weighted by Gasteiger charge is 2.17. The minimum atomic E-state index is -0.490. The summed E-state index contributed by atoms with van der Waals surface area (Å²) in [6.45, 7) is 1.93. The molecular weight excluding hydrogens is 264 g/mol. The fourth-order valence-corrected chi connectivity index (χ4v) is 2.47. The van der Waals surface area contributed by atoms with Gasteiger partial charge in [0.25, 0.3) is 5.69 Å². The van der Waals surface area contributed by atoms with Gasteiger partial charge in [-0.1, -0.05) is 6.07 Å². The van der Waals surface area contributed by atoms with E-state index in [1.54, 1.807) is 23.5 Å². The summed E-state index contributed by atoms with van der Waals surface area (Å²) in [4.78, 5) is 22.3. The average Bonchev–Trinajstić information content (AvgIpc) is 2.92. The van der Waals surface area contributed by atoms with Gasteiger partial charge in [0, 0.05) is 16.5 Å². The fourth-order valence-electron chi connectivity index (χ4n) is 1.74. The van der Waals surface area contributed by atoms with Crippen LogP contribution in [0.15, 0.2) is 35.7 Å². The molecule has 19 heavy (non-hydrogen) atoms. The van der Waals surface area contributed by atoms with E-state index in [4.69, 9.17) is 0 Å². The Balaban J connectivity index is 2.29. The number of nitrogens with one attached hydrogen (secondary N) is 1. The first-order valence-electron chi connectivity index (χ1n) is 5.65. The predicted octanol–water partition coefficient (Wildman–Crippen LogP) is 3.64. The SMILES string of the molecule is C[C@@H](Nc1ccc(C=O)cc1[N+](=O)[O-])c1cccs1. The summed E-state index contributed by atoms with van der Waals surface area (Å²) in [7, 11) is 0. The lowest BCUT2D eigenvalue weighted by Crippen LogP contribution is -2.07. The number of nitrogens with zero attached hydrogens (tertiary/aromatic N) is 1. The molecule has 0 spiro atoms. The van der Waals surface area contributed by atoms with E-state index in [2.05, 4.69) is 5.32 Å². The van der Waals surface area contributed by atoms with Crippen LogP contribution < -0.4 is 5.32 Å². The van der Waals surface area contributed by atoms with E-state index in [-0.39, 0.29) is 11.7 Å². The van der Waals surface area contributed by atoms with Crippen molar-refractivity contribution < 1.29 is 9.72 Å². The van der Waals surface area contributed by atoms with E-state index in [0.29, 0.717) is 17.5 Å². The minimum Gasteiger partial charge on any atom is -0.372 e. The third-order valence-corrected chi connectivity index (χ3v) is 3.75. The van der Waals surface area contributed by atoms with Crippen LogP contribution >= 0.6 is 11.3 Å². The van der Waals surface area contributed by atoms with Gasteiger partial charge in [0.05, 0.1) is 11.0 Å². The Hall–Kier alpha value is -2.21. The Labute approximate surface area is 114 Å². The second kappa shape index (κ2) is 5.62. The van der Waals surface area contributed by atoms with Crippen molar-refractivity contribution in [2.75, 3.05) is 5.32 Å². The van der Waals surface area contributed by atoms with Gasteiger partial charge in [-0.15, -0.1) is 11.3 Å². The van der Waals surface area contributed by atoms with Gasteiger partial charge in [0.15, 0.2) is 0 Å². The molecule has 1 aromatic heterocycles. The molecule has 1 N–H and O–H groups in total. The van der Waals surface area contributed by atoms with E-state index in [0.717, 1.165) is 4.88 Å². The number of carbonyl (C=O) groups is 1. The normalized spacial score (nSPS) is 11.8. The summed E-state index contributed by atoms with van der Waals surface area (Å²) in [6, 6.07) is 8.27. The fraction of sp³-hybridized carbons (Fsp3) is 0.154. The molecule has 5 nitrogen and oxygen atoms in total. The van der Waals surface area contributed by atoms with Crippen LogP contribution in [0, 0.1) is 10.1 Å². The highest BCUT2D eigenvalue weighted by molar-refractivity contribution is 7.10. The van der Waals surface area contributed by atoms with E-state index in [1.807, 2.05) is 24.4 Å². The lowest BCUT2D eigenvalue weighted by atomic mass is 10.1. The van der Waals surface area contributed by atoms with Gasteiger partial charge in [0.2, 0.25) is 0 Å². The molecule has 0 amide bonds. The zero-order valence-electron chi connectivity index (χ0n) is 10.2. The molecule has 98 valence electrons. The van der Waals surface area contributed by atoms with Gasteiger partial charge in [-0.2, -0.15) is 0 Å². The molecule has 6 heteroatoms. The first kappa shape index (κ1) is 13.2. The van der Waals surface area contributed by atoms with Crippen LogP contribution in [0.4, 0.5) is 11.4 Å². The Morgan fingerprint density at radius 2 is 2.21 bits per heavy atom. The van der Waals surface area contributed by atoms with E-state index in [1.165, 1.54) is 6.07 Å². The quantitative estimate of drug-likeness (QED) is 0.514. The molecule has 1 heterocycles. The number of nitro benzene ring substituents is 1. The van der Waals surface area contributed by atoms with Gasteiger partial charge < -0.3 is 5.32 Å². The second-order valence-electron chi connectivity index (χ2n) is 4.03. The topological polar surface area (TPSA) is 72.2 Å². The molecule has 0 radical (unpaired) electrons. The Morgan fingerprint density at radius 3 is 2.79 bits per heavy atom. The summed E-state index contributed by atoms with van der Waals surface area (Å²) in [5.74, 6) is 0. The minimum absolute atomic E-state index is 0.0271. The van der Waals surface area contributed by atoms with Crippen molar-refractivity contribution >= 4 is 29.0 Å². The molecule has 0 unspecified atom stereocenters. The smallest absolute Gasteiger partial charge is 0.293 e. The van der Waals surface area contributed by atoms with Crippen molar-refractivity contribution in [3.05, 3.63) is 56.3 Å². The first-order valence-corrected chi connectivity index (χ1v) is 6.53. The Kier molecular flexibility index (Phi) is 3.91. The zero-order valence-corrected chi connectivity index (χ0v) is 11.0. The van der Waals surface area contributed by atoms with Crippen LogP contribution in [0.1, 0.15) is 28.2 Å². The van der Waals surface area contributed by atoms with Crippen molar-refractivity contribution in [3.63, 3.8) is 0 Å². The molecule has 0 aliphatic carbocycles. The van der Waals surface area contributed by atoms with Crippen LogP contribution in [0.25, 0.3) is 0 Å². The lowest BCUT2D eigenvalue weighted by Gasteiger charge is -2.13. The number of aldehydes is 1. The Bertz CT molecular complexity index is 596. The van der Waals surface area contributed by atoms with E-state index in [9.17, 15) is 14.9 Å². The lowest BCUT2D eigenvalue weighted by molar-refractivity contribution is -0.384. The second-order valence-corrected chi connectivity index (χ2v) is 5.01. The van der Waals surface area contributed by atoms with Gasteiger partial charge in [-0.05, 0) is 30.5 Å². The largest absolute Gasteiger partial charge is 0.372 e. The van der Waals surface area contributed by atoms with Crippen LogP contribution in [0.3, 0.4) is 0 Å². The molecule has 0 aliphatic heterocycles. The highest BCUT2D eigenvalue weighted by atomic mass is 32.1. The molecule has 1 atom stereocenters. The third kappa shape index (κ3) is 2.97. The maximum Gasteiger partial charge on any atom is 0.293 e. The van der Waals surface area contributed by atoms with Crippen molar-refractivity contribution in [1.29, 1.82) is 0 Å². The molecule has 0 fully saturated rings. The van der Waals surface area contributed by atoms with Crippen molar-refractivity contribution in [3.8, 4) is 0 Å². The molecule has 0 saturated heterocycles. The number of hydrogen-bond donors (Lipinski definition) is 1. The number of rotatable bonds is 5. The number of thiophene rings is 1. The average molecular weight is 276 g/mol. The highest BCUT2D eigenvalue weighted by Crippen LogP contribution is 2.30. The third-order valence-electron chi connectivity index (χ3n) is 2.70. The standard InChI is InChI=1S/C13H12N2O3S/c1-9(13-3-2-6-19-13)14-11-5-4-10(8-16)7-12(11)15(17)18/h2-9,14H,1H3/t9-/m1/s1. The van der Waals surface area contributed by atoms with Crippen molar-refractivity contribution in [1.82, 2.24) is 0 Å². The Morgan fingerprint density at radius 1 is 1.42 bits per heavy atom.